The summed E-state index contributed by atoms with van der Waals surface area (Å²) in [6, 6.07) is 8.27. The van der Waals surface area contributed by atoms with Gasteiger partial charge in [-0.1, -0.05) is 17.8 Å². The number of nitrogens with zero attached hydrogens (tertiary/aromatic N) is 1. The zero-order valence-electron chi connectivity index (χ0n) is 13.2. The molecular weight excluding hydrogens is 362 g/mol. The number of thioether (sulfide) groups is 1. The minimum atomic E-state index is -0.418. The normalized spacial score (nSPS) is 10.8. The van der Waals surface area contributed by atoms with Gasteiger partial charge in [-0.2, -0.15) is 0 Å². The smallest absolute Gasteiger partial charge is 0.253 e. The Bertz CT molecular complexity index is 967. The lowest BCUT2D eigenvalue weighted by Gasteiger charge is -2.07. The van der Waals surface area contributed by atoms with E-state index in [1.54, 1.807) is 18.2 Å². The van der Waals surface area contributed by atoms with Gasteiger partial charge in [-0.25, -0.2) is 4.98 Å². The molecule has 25 heavy (non-hydrogen) atoms. The molecule has 130 valence electrons. The predicted octanol–water partition coefficient (Wildman–Crippen LogP) is 2.82. The molecule has 3 rings (SSSR count). The number of thiazole rings is 1. The van der Waals surface area contributed by atoms with E-state index >= 15 is 0 Å². The van der Waals surface area contributed by atoms with Crippen LogP contribution in [0.5, 0.6) is 11.5 Å². The van der Waals surface area contributed by atoms with Crippen LogP contribution >= 0.6 is 23.1 Å². The zero-order valence-corrected chi connectivity index (χ0v) is 14.9. The number of amides is 1. The molecule has 0 bridgehead atoms. The van der Waals surface area contributed by atoms with Crippen LogP contribution in [0.2, 0.25) is 0 Å². The van der Waals surface area contributed by atoms with E-state index in [2.05, 4.69) is 15.3 Å². The molecule has 7 nitrogen and oxygen atoms in total. The number of anilines is 1. The third kappa shape index (κ3) is 4.31. The molecule has 1 amide bonds. The van der Waals surface area contributed by atoms with Crippen LogP contribution in [0.4, 0.5) is 5.69 Å². The Balaban J connectivity index is 1.63. The van der Waals surface area contributed by atoms with Crippen LogP contribution in [0, 0.1) is 0 Å². The predicted molar refractivity (Wildman–Crippen MR) is 98.9 cm³/mol. The van der Waals surface area contributed by atoms with Crippen LogP contribution < -0.4 is 15.6 Å². The number of benzene rings is 1. The van der Waals surface area contributed by atoms with Crippen LogP contribution in [0.1, 0.15) is 6.92 Å². The topological polar surface area (TPSA) is 104 Å². The van der Waals surface area contributed by atoms with Crippen molar-refractivity contribution in [3.05, 3.63) is 40.7 Å². The molecule has 2 heterocycles. The molecule has 0 radical (unpaired) electrons. The number of carbonyl (C=O) groups excluding carboxylic acids is 1. The fourth-order valence-corrected chi connectivity index (χ4v) is 3.93. The van der Waals surface area contributed by atoms with E-state index in [9.17, 15) is 14.7 Å². The lowest BCUT2D eigenvalue weighted by Crippen LogP contribution is -2.13. The van der Waals surface area contributed by atoms with Gasteiger partial charge in [0, 0.05) is 17.8 Å². The summed E-state index contributed by atoms with van der Waals surface area (Å²) in [5, 5.41) is 12.6. The molecule has 1 aromatic carbocycles. The molecule has 3 aromatic rings. The monoisotopic (exact) mass is 377 g/mol. The number of carbonyl (C=O) groups is 1. The van der Waals surface area contributed by atoms with Gasteiger partial charge in [-0.05, 0) is 19.1 Å². The van der Waals surface area contributed by atoms with Gasteiger partial charge < -0.3 is 20.1 Å². The average Bonchev–Trinajstić information content (AvgIpc) is 2.97. The van der Waals surface area contributed by atoms with Crippen molar-refractivity contribution in [1.82, 2.24) is 9.97 Å². The number of aromatic nitrogens is 2. The minimum Gasteiger partial charge on any atom is -0.506 e. The third-order valence-corrected chi connectivity index (χ3v) is 5.33. The van der Waals surface area contributed by atoms with Crippen molar-refractivity contribution in [3.63, 3.8) is 0 Å². The molecule has 0 spiro atoms. The Labute approximate surface area is 151 Å². The fraction of sp³-hybridized carbons (Fsp3) is 0.188. The molecule has 0 aliphatic rings. The Morgan fingerprint density at radius 2 is 2.28 bits per heavy atom. The highest BCUT2D eigenvalue weighted by molar-refractivity contribution is 8.01. The molecule has 0 aliphatic heterocycles. The Hall–Kier alpha value is -2.52. The number of aromatic hydroxyl groups is 1. The van der Waals surface area contributed by atoms with Gasteiger partial charge in [0.15, 0.2) is 9.99 Å². The first kappa shape index (κ1) is 17.3. The molecule has 9 heteroatoms. The molecule has 0 saturated heterocycles. The van der Waals surface area contributed by atoms with Crippen molar-refractivity contribution in [1.29, 1.82) is 0 Å². The second kappa shape index (κ2) is 7.58. The first-order chi connectivity index (χ1) is 12.0. The molecule has 0 aliphatic carbocycles. The Kier molecular flexibility index (Phi) is 5.25. The van der Waals surface area contributed by atoms with E-state index in [0.29, 0.717) is 32.7 Å². The molecule has 0 unspecified atom stereocenters. The standard InChI is InChI=1S/C16H15N3O4S2/c1-2-23-10-5-3-4-9(6-10)17-13(22)8-24-16-19-15-14(25-16)11(20)7-12(21)18-15/h3-7H,2,8H2,1H3,(H,17,22)(H2,18,20,21). The highest BCUT2D eigenvalue weighted by Gasteiger charge is 2.12. The average molecular weight is 377 g/mol. The summed E-state index contributed by atoms with van der Waals surface area (Å²) >= 11 is 2.46. The summed E-state index contributed by atoms with van der Waals surface area (Å²) < 4.78 is 6.48. The summed E-state index contributed by atoms with van der Waals surface area (Å²) in [5.74, 6) is 0.554. The van der Waals surface area contributed by atoms with Gasteiger partial charge in [-0.15, -0.1) is 11.3 Å². The van der Waals surface area contributed by atoms with Crippen LogP contribution in [-0.4, -0.2) is 33.3 Å². The molecule has 3 N–H and O–H groups in total. The zero-order chi connectivity index (χ0) is 17.8. The number of hydrogen-bond donors (Lipinski definition) is 3. The van der Waals surface area contributed by atoms with Crippen LogP contribution in [0.3, 0.4) is 0 Å². The quantitative estimate of drug-likeness (QED) is 0.571. The first-order valence-electron chi connectivity index (χ1n) is 7.43. The van der Waals surface area contributed by atoms with E-state index in [1.165, 1.54) is 23.1 Å². The highest BCUT2D eigenvalue weighted by atomic mass is 32.2. The van der Waals surface area contributed by atoms with E-state index in [1.807, 2.05) is 13.0 Å². The second-order valence-electron chi connectivity index (χ2n) is 4.97. The number of nitrogens with one attached hydrogen (secondary N) is 2. The number of ether oxygens (including phenoxy) is 1. The largest absolute Gasteiger partial charge is 0.506 e. The molecular formula is C16H15N3O4S2. The third-order valence-electron chi connectivity index (χ3n) is 3.11. The summed E-state index contributed by atoms with van der Waals surface area (Å²) in [5.41, 5.74) is 0.559. The van der Waals surface area contributed by atoms with Crippen molar-refractivity contribution in [3.8, 4) is 11.5 Å². The van der Waals surface area contributed by atoms with Gasteiger partial charge in [-0.3, -0.25) is 9.59 Å². The van der Waals surface area contributed by atoms with Gasteiger partial charge >= 0.3 is 0 Å². The van der Waals surface area contributed by atoms with Gasteiger partial charge in [0.25, 0.3) is 5.56 Å². The molecule has 2 aromatic heterocycles. The van der Waals surface area contributed by atoms with Gasteiger partial charge in [0.1, 0.15) is 16.2 Å². The fourth-order valence-electron chi connectivity index (χ4n) is 2.12. The summed E-state index contributed by atoms with van der Waals surface area (Å²) in [7, 11) is 0. The van der Waals surface area contributed by atoms with Crippen molar-refractivity contribution in [2.24, 2.45) is 0 Å². The number of pyridine rings is 1. The maximum Gasteiger partial charge on any atom is 0.253 e. The Morgan fingerprint density at radius 3 is 3.08 bits per heavy atom. The number of hydrogen-bond acceptors (Lipinski definition) is 7. The van der Waals surface area contributed by atoms with E-state index in [-0.39, 0.29) is 17.4 Å². The number of rotatable bonds is 6. The maximum atomic E-state index is 12.1. The van der Waals surface area contributed by atoms with Crippen molar-refractivity contribution in [2.75, 3.05) is 17.7 Å². The lowest BCUT2D eigenvalue weighted by molar-refractivity contribution is -0.113. The lowest BCUT2D eigenvalue weighted by atomic mass is 10.3. The van der Waals surface area contributed by atoms with Crippen LogP contribution in [-0.2, 0) is 4.79 Å². The van der Waals surface area contributed by atoms with Crippen LogP contribution in [0.15, 0.2) is 39.5 Å². The number of aromatic amines is 1. The Morgan fingerprint density at radius 1 is 1.44 bits per heavy atom. The van der Waals surface area contributed by atoms with Crippen LogP contribution in [0.25, 0.3) is 10.3 Å². The maximum absolute atomic E-state index is 12.1. The summed E-state index contributed by atoms with van der Waals surface area (Å²) in [6.45, 7) is 2.45. The summed E-state index contributed by atoms with van der Waals surface area (Å²) in [4.78, 5) is 30.2. The minimum absolute atomic E-state index is 0.111. The van der Waals surface area contributed by atoms with Crippen molar-refractivity contribution < 1.29 is 14.6 Å². The number of fused-ring (bicyclic) bond motifs is 1. The van der Waals surface area contributed by atoms with Gasteiger partial charge in [0.2, 0.25) is 5.91 Å². The van der Waals surface area contributed by atoms with E-state index < -0.39 is 5.56 Å². The molecule has 0 saturated carbocycles. The van der Waals surface area contributed by atoms with E-state index in [4.69, 9.17) is 4.74 Å². The molecule has 0 fully saturated rings. The number of H-pyrrole nitrogens is 1. The highest BCUT2D eigenvalue weighted by Crippen LogP contribution is 2.32. The summed E-state index contributed by atoms with van der Waals surface area (Å²) in [6.07, 6.45) is 0. The molecule has 0 atom stereocenters. The van der Waals surface area contributed by atoms with Crippen molar-refractivity contribution in [2.45, 2.75) is 11.3 Å². The second-order valence-corrected chi connectivity index (χ2v) is 7.20. The SMILES string of the molecule is CCOc1cccc(NC(=O)CSc2nc3[nH]c(=O)cc(O)c3s2)c1. The first-order valence-corrected chi connectivity index (χ1v) is 9.23. The van der Waals surface area contributed by atoms with Gasteiger partial charge in [0.05, 0.1) is 12.4 Å². The van der Waals surface area contributed by atoms with E-state index in [0.717, 1.165) is 6.07 Å². The van der Waals surface area contributed by atoms with Crippen molar-refractivity contribution >= 4 is 45.0 Å².